The van der Waals surface area contributed by atoms with Crippen molar-refractivity contribution in [1.29, 1.82) is 0 Å². The summed E-state index contributed by atoms with van der Waals surface area (Å²) in [6.07, 6.45) is 0. The largest absolute Gasteiger partial charge is 0.489 e. The van der Waals surface area contributed by atoms with Crippen LogP contribution in [0.5, 0.6) is 5.75 Å². The van der Waals surface area contributed by atoms with Crippen LogP contribution in [0.1, 0.15) is 37.5 Å². The second-order valence-corrected chi connectivity index (χ2v) is 6.57. The van der Waals surface area contributed by atoms with E-state index in [1.807, 2.05) is 36.4 Å². The predicted molar refractivity (Wildman–Crippen MR) is 88.8 cm³/mol. The number of halogens is 1. The Hall–Kier alpha value is -1.51. The maximum atomic E-state index is 6.27. The van der Waals surface area contributed by atoms with Gasteiger partial charge in [-0.3, -0.25) is 0 Å². The zero-order valence-corrected chi connectivity index (χ0v) is 13.6. The highest BCUT2D eigenvalue weighted by atomic mass is 35.5. The van der Waals surface area contributed by atoms with Crippen molar-refractivity contribution in [2.75, 3.05) is 0 Å². The molecule has 0 fully saturated rings. The Kier molecular flexibility index (Phi) is 4.92. The van der Waals surface area contributed by atoms with E-state index in [1.54, 1.807) is 0 Å². The summed E-state index contributed by atoms with van der Waals surface area (Å²) in [7, 11) is 0. The van der Waals surface area contributed by atoms with Crippen molar-refractivity contribution in [2.24, 2.45) is 5.73 Å². The first-order valence-corrected chi connectivity index (χ1v) is 7.49. The third-order valence-corrected chi connectivity index (χ3v) is 3.78. The van der Waals surface area contributed by atoms with Gasteiger partial charge in [0.1, 0.15) is 12.4 Å². The molecule has 2 aromatic carbocycles. The Morgan fingerprint density at radius 2 is 1.81 bits per heavy atom. The van der Waals surface area contributed by atoms with Gasteiger partial charge in [0.25, 0.3) is 0 Å². The highest BCUT2D eigenvalue weighted by Gasteiger charge is 2.18. The highest BCUT2D eigenvalue weighted by Crippen LogP contribution is 2.31. The Morgan fingerprint density at radius 1 is 1.10 bits per heavy atom. The molecule has 0 aliphatic carbocycles. The molecule has 112 valence electrons. The normalized spacial score (nSPS) is 11.5. The number of rotatable bonds is 4. The number of nitrogens with two attached hydrogens (primary N) is 1. The molecule has 2 N–H and O–H groups in total. The minimum Gasteiger partial charge on any atom is -0.489 e. The van der Waals surface area contributed by atoms with Gasteiger partial charge in [0.15, 0.2) is 0 Å². The van der Waals surface area contributed by atoms with Crippen molar-refractivity contribution in [3.63, 3.8) is 0 Å². The molecule has 0 amide bonds. The fourth-order valence-corrected chi connectivity index (χ4v) is 2.46. The second kappa shape index (κ2) is 6.50. The quantitative estimate of drug-likeness (QED) is 0.890. The molecule has 2 aromatic rings. The first kappa shape index (κ1) is 15.9. The molecule has 0 radical (unpaired) electrons. The molecule has 0 bridgehead atoms. The van der Waals surface area contributed by atoms with Crippen molar-refractivity contribution >= 4 is 11.6 Å². The topological polar surface area (TPSA) is 35.2 Å². The molecule has 0 unspecified atom stereocenters. The van der Waals surface area contributed by atoms with Gasteiger partial charge in [-0.05, 0) is 28.7 Å². The van der Waals surface area contributed by atoms with Gasteiger partial charge in [0.05, 0.1) is 0 Å². The van der Waals surface area contributed by atoms with Gasteiger partial charge in [-0.25, -0.2) is 0 Å². The van der Waals surface area contributed by atoms with Crippen LogP contribution in [0.15, 0.2) is 42.5 Å². The minimum atomic E-state index is 0.0454. The lowest BCUT2D eigenvalue weighted by molar-refractivity contribution is 0.297. The van der Waals surface area contributed by atoms with Crippen LogP contribution in [0.2, 0.25) is 5.02 Å². The van der Waals surface area contributed by atoms with E-state index in [1.165, 1.54) is 5.56 Å². The third-order valence-electron chi connectivity index (χ3n) is 3.43. The van der Waals surface area contributed by atoms with Crippen molar-refractivity contribution in [1.82, 2.24) is 0 Å². The highest BCUT2D eigenvalue weighted by molar-refractivity contribution is 6.31. The third kappa shape index (κ3) is 3.99. The molecule has 0 saturated heterocycles. The number of benzene rings is 2. The SMILES string of the molecule is CC(C)(C)c1ccccc1OCc1ccc(CN)cc1Cl. The van der Waals surface area contributed by atoms with Crippen LogP contribution in [-0.4, -0.2) is 0 Å². The maximum Gasteiger partial charge on any atom is 0.123 e. The molecule has 0 aromatic heterocycles. The van der Waals surface area contributed by atoms with Crippen LogP contribution in [0.3, 0.4) is 0 Å². The summed E-state index contributed by atoms with van der Waals surface area (Å²) in [6, 6.07) is 14.0. The summed E-state index contributed by atoms with van der Waals surface area (Å²) in [5, 5.41) is 0.700. The predicted octanol–water partition coefficient (Wildman–Crippen LogP) is 4.68. The maximum absolute atomic E-state index is 6.27. The Balaban J connectivity index is 2.17. The Morgan fingerprint density at radius 3 is 2.43 bits per heavy atom. The van der Waals surface area contributed by atoms with Crippen LogP contribution >= 0.6 is 11.6 Å². The van der Waals surface area contributed by atoms with Crippen LogP contribution in [-0.2, 0) is 18.6 Å². The Labute approximate surface area is 131 Å². The minimum absolute atomic E-state index is 0.0454. The second-order valence-electron chi connectivity index (χ2n) is 6.16. The Bertz CT molecular complexity index is 617. The molecular formula is C18H22ClNO. The zero-order chi connectivity index (χ0) is 15.5. The van der Waals surface area contributed by atoms with Gasteiger partial charge < -0.3 is 10.5 Å². The van der Waals surface area contributed by atoms with Crippen molar-refractivity contribution in [3.05, 3.63) is 64.2 Å². The lowest BCUT2D eigenvalue weighted by Gasteiger charge is -2.22. The molecule has 0 heterocycles. The summed E-state index contributed by atoms with van der Waals surface area (Å²) < 4.78 is 5.99. The number of para-hydroxylation sites is 1. The van der Waals surface area contributed by atoms with E-state index in [4.69, 9.17) is 22.1 Å². The molecular weight excluding hydrogens is 282 g/mol. The average Bonchev–Trinajstić information content (AvgIpc) is 2.45. The van der Waals surface area contributed by atoms with E-state index in [2.05, 4.69) is 26.8 Å². The molecule has 2 nitrogen and oxygen atoms in total. The lowest BCUT2D eigenvalue weighted by Crippen LogP contribution is -2.13. The smallest absolute Gasteiger partial charge is 0.123 e. The van der Waals surface area contributed by atoms with Gasteiger partial charge in [0.2, 0.25) is 0 Å². The average molecular weight is 304 g/mol. The van der Waals surface area contributed by atoms with E-state index in [9.17, 15) is 0 Å². The van der Waals surface area contributed by atoms with Crippen LogP contribution in [0.4, 0.5) is 0 Å². The van der Waals surface area contributed by atoms with Crippen LogP contribution < -0.4 is 10.5 Å². The van der Waals surface area contributed by atoms with Gasteiger partial charge in [-0.15, -0.1) is 0 Å². The fourth-order valence-electron chi connectivity index (χ4n) is 2.20. The zero-order valence-electron chi connectivity index (χ0n) is 12.8. The number of hydrogen-bond acceptors (Lipinski definition) is 2. The molecule has 0 spiro atoms. The van der Waals surface area contributed by atoms with E-state index in [0.29, 0.717) is 18.2 Å². The fraction of sp³-hybridized carbons (Fsp3) is 0.333. The summed E-state index contributed by atoms with van der Waals surface area (Å²) in [4.78, 5) is 0. The molecule has 0 aliphatic heterocycles. The van der Waals surface area contributed by atoms with E-state index >= 15 is 0 Å². The van der Waals surface area contributed by atoms with Gasteiger partial charge >= 0.3 is 0 Å². The molecule has 0 atom stereocenters. The van der Waals surface area contributed by atoms with Gasteiger partial charge in [-0.1, -0.05) is 62.7 Å². The van der Waals surface area contributed by atoms with Crippen molar-refractivity contribution in [3.8, 4) is 5.75 Å². The van der Waals surface area contributed by atoms with Crippen LogP contribution in [0.25, 0.3) is 0 Å². The molecule has 21 heavy (non-hydrogen) atoms. The van der Waals surface area contributed by atoms with Gasteiger partial charge in [-0.2, -0.15) is 0 Å². The van der Waals surface area contributed by atoms with Crippen LogP contribution in [0, 0.1) is 0 Å². The van der Waals surface area contributed by atoms with E-state index in [0.717, 1.165) is 16.9 Å². The summed E-state index contributed by atoms with van der Waals surface area (Å²) >= 11 is 6.27. The van der Waals surface area contributed by atoms with Crippen molar-refractivity contribution < 1.29 is 4.74 Å². The first-order chi connectivity index (χ1) is 9.91. The summed E-state index contributed by atoms with van der Waals surface area (Å²) in [6.45, 7) is 7.49. The standard InChI is InChI=1S/C18H22ClNO/c1-18(2,3)15-6-4-5-7-17(15)21-12-14-9-8-13(11-20)10-16(14)19/h4-10H,11-12,20H2,1-3H3. The molecule has 0 saturated carbocycles. The first-order valence-electron chi connectivity index (χ1n) is 7.11. The molecule has 0 aliphatic rings. The lowest BCUT2D eigenvalue weighted by atomic mass is 9.86. The number of hydrogen-bond donors (Lipinski definition) is 1. The molecule has 2 rings (SSSR count). The van der Waals surface area contributed by atoms with E-state index in [-0.39, 0.29) is 5.41 Å². The monoisotopic (exact) mass is 303 g/mol. The van der Waals surface area contributed by atoms with Gasteiger partial charge in [0, 0.05) is 17.1 Å². The molecule has 3 heteroatoms. The summed E-state index contributed by atoms with van der Waals surface area (Å²) in [5.74, 6) is 0.906. The van der Waals surface area contributed by atoms with Crippen molar-refractivity contribution in [2.45, 2.75) is 39.3 Å². The summed E-state index contributed by atoms with van der Waals surface area (Å²) in [5.41, 5.74) is 8.85. The van der Waals surface area contributed by atoms with E-state index < -0.39 is 0 Å². The number of ether oxygens (including phenoxy) is 1.